The molecular weight excluding hydrogens is 478 g/mol. The first-order valence-corrected chi connectivity index (χ1v) is 8.52. The topological polar surface area (TPSA) is 44.8 Å². The summed E-state index contributed by atoms with van der Waals surface area (Å²) in [5.74, 6) is -6.70. The Labute approximate surface area is 160 Å². The Bertz CT molecular complexity index is 724. The average molecular weight is 494 g/mol. The third-order valence-electron chi connectivity index (χ3n) is 4.81. The number of benzene rings is 1. The molecule has 2 rings (SSSR count). The van der Waals surface area contributed by atoms with Crippen molar-refractivity contribution in [3.8, 4) is 5.75 Å². The molecule has 1 aromatic carbocycles. The van der Waals surface area contributed by atoms with E-state index in [-0.39, 0.29) is 9.13 Å². The van der Waals surface area contributed by atoms with Crippen molar-refractivity contribution in [3.63, 3.8) is 0 Å². The van der Waals surface area contributed by atoms with Gasteiger partial charge in [-0.25, -0.2) is 9.18 Å². The van der Waals surface area contributed by atoms with E-state index in [1.165, 1.54) is 29.5 Å². The Morgan fingerprint density at radius 1 is 1.27 bits per heavy atom. The van der Waals surface area contributed by atoms with Crippen molar-refractivity contribution in [1.29, 1.82) is 0 Å². The fourth-order valence-electron chi connectivity index (χ4n) is 3.17. The second-order valence-electron chi connectivity index (χ2n) is 6.09. The molecule has 26 heavy (non-hydrogen) atoms. The zero-order chi connectivity index (χ0) is 20.0. The molecule has 1 heterocycles. The molecule has 0 aromatic heterocycles. The Balaban J connectivity index is 2.71. The van der Waals surface area contributed by atoms with Crippen LogP contribution in [0.2, 0.25) is 0 Å². The molecule has 1 fully saturated rings. The summed E-state index contributed by atoms with van der Waals surface area (Å²) >= 11 is 1.51. The van der Waals surface area contributed by atoms with E-state index in [0.717, 1.165) is 27.2 Å². The fraction of sp³-hybridized carbons (Fsp3) is 0.562. The molecule has 1 aliphatic rings. The smallest absolute Gasteiger partial charge is 0.417 e. The number of ether oxygens (including phenoxy) is 3. The lowest BCUT2D eigenvalue weighted by molar-refractivity contribution is -0.274. The molecule has 0 amide bonds. The van der Waals surface area contributed by atoms with E-state index in [0.29, 0.717) is 0 Å². The maximum Gasteiger partial charge on any atom is 0.417 e. The molecule has 0 N–H and O–H groups in total. The van der Waals surface area contributed by atoms with Crippen molar-refractivity contribution >= 4 is 28.6 Å². The van der Waals surface area contributed by atoms with Gasteiger partial charge in [-0.05, 0) is 35.6 Å². The highest BCUT2D eigenvalue weighted by molar-refractivity contribution is 14.1. The maximum atomic E-state index is 14.3. The van der Waals surface area contributed by atoms with Gasteiger partial charge >= 0.3 is 12.1 Å². The molecule has 146 valence electrons. The summed E-state index contributed by atoms with van der Waals surface area (Å²) in [7, 11) is 2.06. The van der Waals surface area contributed by atoms with E-state index in [4.69, 9.17) is 9.47 Å². The third kappa shape index (κ3) is 3.14. The predicted molar refractivity (Wildman–Crippen MR) is 88.9 cm³/mol. The molecule has 0 bridgehead atoms. The van der Waals surface area contributed by atoms with Gasteiger partial charge in [-0.15, -0.1) is 0 Å². The van der Waals surface area contributed by atoms with Crippen molar-refractivity contribution in [1.82, 2.24) is 0 Å². The highest BCUT2D eigenvalue weighted by atomic mass is 127. The second kappa shape index (κ2) is 7.10. The number of carbonyl (C=O) groups is 1. The summed E-state index contributed by atoms with van der Waals surface area (Å²) < 4.78 is 83.2. The van der Waals surface area contributed by atoms with Crippen LogP contribution in [0.5, 0.6) is 5.75 Å². The first-order chi connectivity index (χ1) is 11.9. The minimum atomic E-state index is -4.80. The molecule has 10 heteroatoms. The highest BCUT2D eigenvalue weighted by Gasteiger charge is 2.66. The number of carbonyl (C=O) groups excluding carboxylic acids is 1. The van der Waals surface area contributed by atoms with Gasteiger partial charge in [0.2, 0.25) is 5.82 Å². The van der Waals surface area contributed by atoms with Gasteiger partial charge in [0.1, 0.15) is 0 Å². The molecule has 0 radical (unpaired) electrons. The zero-order valence-corrected chi connectivity index (χ0v) is 16.4. The van der Waals surface area contributed by atoms with E-state index in [1.54, 1.807) is 0 Å². The lowest BCUT2D eigenvalue weighted by atomic mass is 9.77. The molecule has 4 nitrogen and oxygen atoms in total. The van der Waals surface area contributed by atoms with Crippen LogP contribution in [-0.2, 0) is 14.3 Å². The first kappa shape index (κ1) is 21.1. The molecular formula is C16H16F5IO4. The SMILES string of the molecule is COC(=O)C1OC(C)(C(F)(F)F)C(C)C1c1cc(I)c(F)c(F)c1OC. The lowest BCUT2D eigenvalue weighted by Crippen LogP contribution is -2.47. The van der Waals surface area contributed by atoms with Gasteiger partial charge < -0.3 is 14.2 Å². The summed E-state index contributed by atoms with van der Waals surface area (Å²) in [6.45, 7) is 2.04. The maximum absolute atomic E-state index is 14.3. The minimum Gasteiger partial charge on any atom is -0.493 e. The number of hydrogen-bond donors (Lipinski definition) is 0. The Kier molecular flexibility index (Phi) is 5.77. The van der Waals surface area contributed by atoms with Crippen molar-refractivity contribution in [2.45, 2.75) is 37.6 Å². The van der Waals surface area contributed by atoms with E-state index < -0.39 is 53.1 Å². The van der Waals surface area contributed by atoms with Crippen LogP contribution in [-0.4, -0.2) is 38.1 Å². The molecule has 4 atom stereocenters. The van der Waals surface area contributed by atoms with Crippen LogP contribution in [0.25, 0.3) is 0 Å². The fourth-order valence-corrected chi connectivity index (χ4v) is 3.74. The molecule has 0 spiro atoms. The van der Waals surface area contributed by atoms with Crippen molar-refractivity contribution < 1.29 is 41.0 Å². The summed E-state index contributed by atoms with van der Waals surface area (Å²) in [6.07, 6.45) is -6.46. The van der Waals surface area contributed by atoms with Gasteiger partial charge in [-0.1, -0.05) is 6.92 Å². The average Bonchev–Trinajstić information content (AvgIpc) is 2.84. The molecule has 1 aromatic rings. The standard InChI is InChI=1S/C16H16F5IO4/c1-6-9(7-5-8(22)10(17)11(18)12(7)24-3)13(14(23)25-4)26-15(6,2)16(19,20)21/h5-6,9,13H,1-4H3. The summed E-state index contributed by atoms with van der Waals surface area (Å²) in [5.41, 5.74) is -2.77. The van der Waals surface area contributed by atoms with Gasteiger partial charge in [-0.3, -0.25) is 0 Å². The van der Waals surface area contributed by atoms with Crippen LogP contribution in [0.3, 0.4) is 0 Å². The summed E-state index contributed by atoms with van der Waals surface area (Å²) in [6, 6.07) is 1.15. The van der Waals surface area contributed by atoms with Crippen LogP contribution in [0.1, 0.15) is 25.3 Å². The van der Waals surface area contributed by atoms with Crippen LogP contribution in [0.4, 0.5) is 22.0 Å². The minimum absolute atomic E-state index is 0.0910. The molecule has 1 aliphatic heterocycles. The van der Waals surface area contributed by atoms with Gasteiger partial charge in [0, 0.05) is 17.4 Å². The van der Waals surface area contributed by atoms with Gasteiger partial charge in [0.25, 0.3) is 0 Å². The van der Waals surface area contributed by atoms with Gasteiger partial charge in [0.05, 0.1) is 17.8 Å². The summed E-state index contributed by atoms with van der Waals surface area (Å²) in [5, 5.41) is 0. The number of halogens is 6. The van der Waals surface area contributed by atoms with Gasteiger partial charge in [-0.2, -0.15) is 17.6 Å². The van der Waals surface area contributed by atoms with Crippen LogP contribution < -0.4 is 4.74 Å². The van der Waals surface area contributed by atoms with E-state index >= 15 is 0 Å². The summed E-state index contributed by atoms with van der Waals surface area (Å²) in [4.78, 5) is 12.1. The van der Waals surface area contributed by atoms with Crippen molar-refractivity contribution in [2.75, 3.05) is 14.2 Å². The third-order valence-corrected chi connectivity index (χ3v) is 5.60. The lowest BCUT2D eigenvalue weighted by Gasteiger charge is -2.32. The van der Waals surface area contributed by atoms with Crippen LogP contribution >= 0.6 is 22.6 Å². The normalized spacial score (nSPS) is 28.9. The van der Waals surface area contributed by atoms with E-state index in [9.17, 15) is 26.7 Å². The second-order valence-corrected chi connectivity index (χ2v) is 7.25. The molecule has 4 unspecified atom stereocenters. The quantitative estimate of drug-likeness (QED) is 0.274. The Hall–Kier alpha value is -1.17. The van der Waals surface area contributed by atoms with Crippen molar-refractivity contribution in [3.05, 3.63) is 26.8 Å². The molecule has 1 saturated heterocycles. The highest BCUT2D eigenvalue weighted by Crippen LogP contribution is 2.55. The zero-order valence-electron chi connectivity index (χ0n) is 14.2. The van der Waals surface area contributed by atoms with Gasteiger partial charge in [0.15, 0.2) is 23.3 Å². The number of hydrogen-bond acceptors (Lipinski definition) is 4. The Morgan fingerprint density at radius 3 is 2.31 bits per heavy atom. The largest absolute Gasteiger partial charge is 0.493 e. The van der Waals surface area contributed by atoms with Crippen molar-refractivity contribution in [2.24, 2.45) is 5.92 Å². The monoisotopic (exact) mass is 494 g/mol. The number of alkyl halides is 3. The van der Waals surface area contributed by atoms with E-state index in [1.807, 2.05) is 0 Å². The Morgan fingerprint density at radius 2 is 1.85 bits per heavy atom. The van der Waals surface area contributed by atoms with Crippen LogP contribution in [0.15, 0.2) is 6.07 Å². The number of methoxy groups -OCH3 is 2. The number of rotatable bonds is 3. The predicted octanol–water partition coefficient (Wildman–Crippen LogP) is 4.19. The van der Waals surface area contributed by atoms with Crippen LogP contribution in [0, 0.1) is 21.1 Å². The van der Waals surface area contributed by atoms with E-state index in [2.05, 4.69) is 4.74 Å². The molecule has 0 aliphatic carbocycles. The molecule has 0 saturated carbocycles. The first-order valence-electron chi connectivity index (χ1n) is 7.44. The number of esters is 1.